The van der Waals surface area contributed by atoms with Crippen LogP contribution < -0.4 is 14.9 Å². The average molecular weight is 367 g/mol. The number of nitrogens with one attached hydrogen (secondary N) is 1. The minimum atomic E-state index is -0.335. The lowest BCUT2D eigenvalue weighted by Crippen LogP contribution is -2.19. The number of fused-ring (bicyclic) bond motifs is 2. The highest BCUT2D eigenvalue weighted by Crippen LogP contribution is 2.26. The summed E-state index contributed by atoms with van der Waals surface area (Å²) in [7, 11) is 1.89. The Morgan fingerprint density at radius 3 is 2.96 bits per heavy atom. The summed E-state index contributed by atoms with van der Waals surface area (Å²) in [5.41, 5.74) is 2.87. The van der Waals surface area contributed by atoms with Crippen LogP contribution in [0, 0.1) is 0 Å². The molecule has 0 atom stereocenters. The molecule has 0 bridgehead atoms. The summed E-state index contributed by atoms with van der Waals surface area (Å²) in [6, 6.07) is 13.3. The molecule has 1 aliphatic rings. The first-order valence-corrected chi connectivity index (χ1v) is 9.09. The van der Waals surface area contributed by atoms with Gasteiger partial charge in [-0.15, -0.1) is 0 Å². The fourth-order valence-corrected chi connectivity index (χ4v) is 3.96. The molecule has 6 nitrogen and oxygen atoms in total. The third kappa shape index (κ3) is 3.25. The van der Waals surface area contributed by atoms with Gasteiger partial charge in [0, 0.05) is 19.2 Å². The van der Waals surface area contributed by atoms with Crippen molar-refractivity contribution < 1.29 is 14.3 Å². The number of amides is 2. The Balaban J connectivity index is 1.48. The van der Waals surface area contributed by atoms with Crippen LogP contribution in [0.4, 0.5) is 5.69 Å². The maximum Gasteiger partial charge on any atom is 0.286 e. The molecule has 0 unspecified atom stereocenters. The first-order valence-electron chi connectivity index (χ1n) is 8.28. The van der Waals surface area contributed by atoms with Crippen LogP contribution in [0.2, 0.25) is 0 Å². The van der Waals surface area contributed by atoms with Gasteiger partial charge in [0.05, 0.1) is 10.2 Å². The van der Waals surface area contributed by atoms with E-state index < -0.39 is 0 Å². The van der Waals surface area contributed by atoms with E-state index in [0.29, 0.717) is 23.4 Å². The number of aryl methyl sites for hydroxylation is 2. The molecule has 1 N–H and O–H groups in total. The number of rotatable bonds is 3. The van der Waals surface area contributed by atoms with Crippen molar-refractivity contribution in [3.63, 3.8) is 0 Å². The zero-order valence-electron chi connectivity index (χ0n) is 14.2. The molecule has 0 fully saturated rings. The van der Waals surface area contributed by atoms with Crippen molar-refractivity contribution in [2.24, 2.45) is 12.0 Å². The number of para-hydroxylation sites is 1. The molecular formula is C19H17N3O3S. The second-order valence-corrected chi connectivity index (χ2v) is 7.08. The number of thiazole rings is 1. The SMILES string of the molecule is Cn1c(=NC(=O)COc2ccc3c(c2)CCC(=O)N3)sc2ccccc21. The molecule has 1 aliphatic heterocycles. The monoisotopic (exact) mass is 367 g/mol. The smallest absolute Gasteiger partial charge is 0.286 e. The molecule has 0 spiro atoms. The minimum Gasteiger partial charge on any atom is -0.484 e. The van der Waals surface area contributed by atoms with Crippen LogP contribution in [0.1, 0.15) is 12.0 Å². The van der Waals surface area contributed by atoms with Crippen molar-refractivity contribution in [3.8, 4) is 5.75 Å². The average Bonchev–Trinajstić information content (AvgIpc) is 2.96. The van der Waals surface area contributed by atoms with E-state index in [1.165, 1.54) is 11.3 Å². The summed E-state index contributed by atoms with van der Waals surface area (Å²) < 4.78 is 8.57. The van der Waals surface area contributed by atoms with Crippen molar-refractivity contribution in [1.29, 1.82) is 0 Å². The van der Waals surface area contributed by atoms with Crippen molar-refractivity contribution in [1.82, 2.24) is 4.57 Å². The van der Waals surface area contributed by atoms with Gasteiger partial charge < -0.3 is 14.6 Å². The minimum absolute atomic E-state index is 0.0244. The van der Waals surface area contributed by atoms with Gasteiger partial charge >= 0.3 is 0 Å². The lowest BCUT2D eigenvalue weighted by molar-refractivity contribution is -0.120. The summed E-state index contributed by atoms with van der Waals surface area (Å²) >= 11 is 1.47. The van der Waals surface area contributed by atoms with Crippen LogP contribution in [-0.4, -0.2) is 23.0 Å². The molecule has 0 saturated carbocycles. The molecule has 3 aromatic rings. The summed E-state index contributed by atoms with van der Waals surface area (Å²) in [5.74, 6) is 0.290. The van der Waals surface area contributed by atoms with Crippen molar-refractivity contribution in [2.45, 2.75) is 12.8 Å². The van der Waals surface area contributed by atoms with Crippen LogP contribution in [-0.2, 0) is 23.1 Å². The topological polar surface area (TPSA) is 72.7 Å². The van der Waals surface area contributed by atoms with Gasteiger partial charge in [-0.2, -0.15) is 4.99 Å². The van der Waals surface area contributed by atoms with E-state index in [0.717, 1.165) is 21.5 Å². The molecular weight excluding hydrogens is 350 g/mol. The summed E-state index contributed by atoms with van der Waals surface area (Å²) in [6.07, 6.45) is 1.14. The van der Waals surface area contributed by atoms with Crippen LogP contribution in [0.3, 0.4) is 0 Å². The highest BCUT2D eigenvalue weighted by Gasteiger charge is 2.15. The number of anilines is 1. The maximum absolute atomic E-state index is 12.2. The standard InChI is InChI=1S/C19H17N3O3S/c1-22-15-4-2-3-5-16(15)26-19(22)21-18(24)11-25-13-7-8-14-12(10-13)6-9-17(23)20-14/h2-5,7-8,10H,6,9,11H2,1H3,(H,20,23). The molecule has 26 heavy (non-hydrogen) atoms. The van der Waals surface area contributed by atoms with Gasteiger partial charge in [-0.1, -0.05) is 23.5 Å². The van der Waals surface area contributed by atoms with Gasteiger partial charge in [0.25, 0.3) is 5.91 Å². The highest BCUT2D eigenvalue weighted by molar-refractivity contribution is 7.16. The normalized spacial score (nSPS) is 14.2. The fraction of sp³-hybridized carbons (Fsp3) is 0.211. The largest absolute Gasteiger partial charge is 0.484 e. The quantitative estimate of drug-likeness (QED) is 0.773. The molecule has 2 aromatic carbocycles. The molecule has 0 saturated heterocycles. The van der Waals surface area contributed by atoms with Gasteiger partial charge in [-0.25, -0.2) is 0 Å². The summed E-state index contributed by atoms with van der Waals surface area (Å²) in [4.78, 5) is 28.4. The molecule has 0 radical (unpaired) electrons. The number of nitrogens with zero attached hydrogens (tertiary/aromatic N) is 2. The summed E-state index contributed by atoms with van der Waals surface area (Å²) in [5, 5.41) is 2.82. The Labute approximate surface area is 153 Å². The zero-order valence-corrected chi connectivity index (χ0v) is 15.0. The Bertz CT molecular complexity index is 1080. The van der Waals surface area contributed by atoms with E-state index in [9.17, 15) is 9.59 Å². The number of carbonyl (C=O) groups excluding carboxylic acids is 2. The number of aromatic nitrogens is 1. The maximum atomic E-state index is 12.2. The molecule has 4 rings (SSSR count). The fourth-order valence-electron chi connectivity index (χ4n) is 2.92. The third-order valence-electron chi connectivity index (χ3n) is 4.27. The predicted molar refractivity (Wildman–Crippen MR) is 100 cm³/mol. The number of hydrogen-bond acceptors (Lipinski definition) is 4. The van der Waals surface area contributed by atoms with Crippen molar-refractivity contribution >= 4 is 39.1 Å². The second kappa shape index (κ2) is 6.76. The number of benzene rings is 2. The molecule has 7 heteroatoms. The molecule has 0 aliphatic carbocycles. The van der Waals surface area contributed by atoms with Gasteiger partial charge in [0.2, 0.25) is 5.91 Å². The van der Waals surface area contributed by atoms with Crippen LogP contribution in [0.25, 0.3) is 10.2 Å². The molecule has 2 amide bonds. The van der Waals surface area contributed by atoms with Gasteiger partial charge in [0.1, 0.15) is 5.75 Å². The van der Waals surface area contributed by atoms with Crippen LogP contribution >= 0.6 is 11.3 Å². The van der Waals surface area contributed by atoms with E-state index in [1.807, 2.05) is 41.9 Å². The number of carbonyl (C=O) groups is 2. The molecule has 132 valence electrons. The van der Waals surface area contributed by atoms with E-state index in [-0.39, 0.29) is 18.4 Å². The van der Waals surface area contributed by atoms with Crippen LogP contribution in [0.15, 0.2) is 47.5 Å². The first kappa shape index (κ1) is 16.5. The van der Waals surface area contributed by atoms with E-state index in [2.05, 4.69) is 10.3 Å². The molecule has 2 heterocycles. The number of hydrogen-bond donors (Lipinski definition) is 1. The second-order valence-electron chi connectivity index (χ2n) is 6.07. The van der Waals surface area contributed by atoms with Gasteiger partial charge in [0.15, 0.2) is 11.4 Å². The van der Waals surface area contributed by atoms with Gasteiger partial charge in [-0.05, 0) is 42.3 Å². The van der Waals surface area contributed by atoms with E-state index in [4.69, 9.17) is 4.74 Å². The predicted octanol–water partition coefficient (Wildman–Crippen LogP) is 2.63. The van der Waals surface area contributed by atoms with Crippen molar-refractivity contribution in [3.05, 3.63) is 52.8 Å². The van der Waals surface area contributed by atoms with Crippen LogP contribution in [0.5, 0.6) is 5.75 Å². The summed E-state index contributed by atoms with van der Waals surface area (Å²) in [6.45, 7) is -0.126. The van der Waals surface area contributed by atoms with E-state index >= 15 is 0 Å². The van der Waals surface area contributed by atoms with E-state index in [1.54, 1.807) is 12.1 Å². The third-order valence-corrected chi connectivity index (χ3v) is 5.38. The first-order chi connectivity index (χ1) is 12.6. The zero-order chi connectivity index (χ0) is 18.1. The van der Waals surface area contributed by atoms with Gasteiger partial charge in [-0.3, -0.25) is 9.59 Å². The Morgan fingerprint density at radius 2 is 2.12 bits per heavy atom. The highest BCUT2D eigenvalue weighted by atomic mass is 32.1. The molecule has 1 aromatic heterocycles. The Hall–Kier alpha value is -2.93. The lowest BCUT2D eigenvalue weighted by atomic mass is 10.0. The number of ether oxygens (including phenoxy) is 1. The Kier molecular flexibility index (Phi) is 4.30. The lowest BCUT2D eigenvalue weighted by Gasteiger charge is -2.17. The Morgan fingerprint density at radius 1 is 1.27 bits per heavy atom. The van der Waals surface area contributed by atoms with Crippen molar-refractivity contribution in [2.75, 3.05) is 11.9 Å².